The number of nitrogens with zero attached hydrogens (tertiary/aromatic N) is 3. The fourth-order valence-electron chi connectivity index (χ4n) is 3.68. The van der Waals surface area contributed by atoms with Gasteiger partial charge in [-0.15, -0.1) is 0 Å². The second-order valence-electron chi connectivity index (χ2n) is 7.70. The van der Waals surface area contributed by atoms with E-state index in [1.807, 2.05) is 38.2 Å². The van der Waals surface area contributed by atoms with Crippen LogP contribution in [0.25, 0.3) is 11.3 Å². The number of aryl methyl sites for hydroxylation is 2. The SMILES string of the molecule is Cc1ccc(-c2ccc([C@H](F)CN)cn2)c(Oc2cc(C3CCOCC3)nn2C)c1. The molecule has 1 atom stereocenters. The molecule has 158 valence electrons. The molecule has 6 nitrogen and oxygen atoms in total. The van der Waals surface area contributed by atoms with Crippen molar-refractivity contribution in [3.63, 3.8) is 0 Å². The maximum absolute atomic E-state index is 13.8. The second-order valence-corrected chi connectivity index (χ2v) is 7.70. The van der Waals surface area contributed by atoms with Gasteiger partial charge in [-0.25, -0.2) is 9.07 Å². The molecule has 0 radical (unpaired) electrons. The zero-order valence-corrected chi connectivity index (χ0v) is 17.3. The Morgan fingerprint density at radius 2 is 2.03 bits per heavy atom. The average Bonchev–Trinajstić information content (AvgIpc) is 3.14. The van der Waals surface area contributed by atoms with Gasteiger partial charge < -0.3 is 15.2 Å². The first-order valence-corrected chi connectivity index (χ1v) is 10.3. The van der Waals surface area contributed by atoms with Crippen LogP contribution in [0, 0.1) is 6.92 Å². The fourth-order valence-corrected chi connectivity index (χ4v) is 3.68. The van der Waals surface area contributed by atoms with Crippen molar-refractivity contribution in [1.82, 2.24) is 14.8 Å². The third-order valence-corrected chi connectivity index (χ3v) is 5.48. The van der Waals surface area contributed by atoms with Gasteiger partial charge in [-0.2, -0.15) is 5.10 Å². The second kappa shape index (κ2) is 8.93. The number of pyridine rings is 1. The molecule has 1 saturated heterocycles. The van der Waals surface area contributed by atoms with Crippen LogP contribution >= 0.6 is 0 Å². The van der Waals surface area contributed by atoms with Crippen LogP contribution in [0.1, 0.15) is 41.8 Å². The van der Waals surface area contributed by atoms with Crippen LogP contribution in [0.5, 0.6) is 11.6 Å². The molecule has 3 aromatic rings. The van der Waals surface area contributed by atoms with Gasteiger partial charge >= 0.3 is 0 Å². The normalized spacial score (nSPS) is 15.9. The first-order valence-electron chi connectivity index (χ1n) is 10.3. The van der Waals surface area contributed by atoms with Crippen molar-refractivity contribution in [3.8, 4) is 22.9 Å². The smallest absolute Gasteiger partial charge is 0.217 e. The lowest BCUT2D eigenvalue weighted by Gasteiger charge is -2.19. The van der Waals surface area contributed by atoms with Gasteiger partial charge in [0.25, 0.3) is 0 Å². The lowest BCUT2D eigenvalue weighted by Crippen LogP contribution is -2.14. The van der Waals surface area contributed by atoms with Crippen LogP contribution in [0.3, 0.4) is 0 Å². The number of rotatable bonds is 6. The van der Waals surface area contributed by atoms with Crippen molar-refractivity contribution < 1.29 is 13.9 Å². The van der Waals surface area contributed by atoms with E-state index in [1.165, 1.54) is 6.20 Å². The van der Waals surface area contributed by atoms with Gasteiger partial charge in [0, 0.05) is 56.1 Å². The summed E-state index contributed by atoms with van der Waals surface area (Å²) >= 11 is 0. The molecule has 3 heterocycles. The lowest BCUT2D eigenvalue weighted by atomic mass is 9.97. The number of alkyl halides is 1. The molecule has 1 aliphatic heterocycles. The first kappa shape index (κ1) is 20.5. The highest BCUT2D eigenvalue weighted by molar-refractivity contribution is 5.68. The average molecular weight is 410 g/mol. The summed E-state index contributed by atoms with van der Waals surface area (Å²) in [4.78, 5) is 4.44. The van der Waals surface area contributed by atoms with Gasteiger partial charge in [0.2, 0.25) is 5.88 Å². The van der Waals surface area contributed by atoms with Crippen molar-refractivity contribution in [2.45, 2.75) is 31.9 Å². The molecule has 1 aromatic carbocycles. The van der Waals surface area contributed by atoms with Crippen LogP contribution < -0.4 is 10.5 Å². The van der Waals surface area contributed by atoms with Crippen LogP contribution in [0.15, 0.2) is 42.6 Å². The van der Waals surface area contributed by atoms with Crippen molar-refractivity contribution in [2.75, 3.05) is 19.8 Å². The summed E-state index contributed by atoms with van der Waals surface area (Å²) < 4.78 is 27.3. The molecule has 0 unspecified atom stereocenters. The van der Waals surface area contributed by atoms with Crippen molar-refractivity contribution in [1.29, 1.82) is 0 Å². The lowest BCUT2D eigenvalue weighted by molar-refractivity contribution is 0.0844. The van der Waals surface area contributed by atoms with Crippen molar-refractivity contribution >= 4 is 0 Å². The number of aromatic nitrogens is 3. The molecule has 2 aromatic heterocycles. The molecular formula is C23H27FN4O2. The van der Waals surface area contributed by atoms with E-state index in [-0.39, 0.29) is 6.54 Å². The maximum atomic E-state index is 13.8. The standard InChI is InChI=1S/C23H27FN4O2/c1-15-3-5-18(20-6-4-17(14-26-20)19(24)13-25)22(11-15)30-23-12-21(27-28(23)2)16-7-9-29-10-8-16/h3-6,11-12,14,16,19H,7-10,13,25H2,1-2H3/t19-/m1/s1. The zero-order chi connectivity index (χ0) is 21.1. The predicted molar refractivity (Wildman–Crippen MR) is 113 cm³/mol. The summed E-state index contributed by atoms with van der Waals surface area (Å²) in [5.41, 5.74) is 9.54. The van der Waals surface area contributed by atoms with Crippen molar-refractivity contribution in [2.24, 2.45) is 12.8 Å². The Balaban J connectivity index is 1.62. The maximum Gasteiger partial charge on any atom is 0.217 e. The molecule has 0 bridgehead atoms. The molecule has 4 rings (SSSR count). The molecular weight excluding hydrogens is 383 g/mol. The van der Waals surface area contributed by atoms with Crippen LogP contribution in [0.2, 0.25) is 0 Å². The third kappa shape index (κ3) is 4.37. The zero-order valence-electron chi connectivity index (χ0n) is 17.3. The Labute approximate surface area is 175 Å². The highest BCUT2D eigenvalue weighted by Crippen LogP contribution is 2.35. The number of ether oxygens (including phenoxy) is 2. The summed E-state index contributed by atoms with van der Waals surface area (Å²) in [6, 6.07) is 11.5. The molecule has 1 fully saturated rings. The monoisotopic (exact) mass is 410 g/mol. The molecule has 2 N–H and O–H groups in total. The van der Waals surface area contributed by atoms with Crippen LogP contribution in [-0.4, -0.2) is 34.5 Å². The summed E-state index contributed by atoms with van der Waals surface area (Å²) in [5, 5.41) is 4.66. The number of nitrogens with two attached hydrogens (primary N) is 1. The van der Waals surface area contributed by atoms with Gasteiger partial charge in [-0.05, 0) is 43.5 Å². The summed E-state index contributed by atoms with van der Waals surface area (Å²) in [6.45, 7) is 3.49. The molecule has 0 saturated carbocycles. The minimum Gasteiger partial charge on any atom is -0.439 e. The number of halogens is 1. The number of hydrogen-bond donors (Lipinski definition) is 1. The molecule has 7 heteroatoms. The highest BCUT2D eigenvalue weighted by atomic mass is 19.1. The van der Waals surface area contributed by atoms with E-state index >= 15 is 0 Å². The highest BCUT2D eigenvalue weighted by Gasteiger charge is 2.21. The fraction of sp³-hybridized carbons (Fsp3) is 0.391. The Morgan fingerprint density at radius 1 is 1.23 bits per heavy atom. The van der Waals surface area contributed by atoms with E-state index in [9.17, 15) is 4.39 Å². The van der Waals surface area contributed by atoms with Crippen LogP contribution in [0.4, 0.5) is 4.39 Å². The Bertz CT molecular complexity index is 997. The minimum atomic E-state index is -1.21. The van der Waals surface area contributed by atoms with Gasteiger partial charge in [0.05, 0.1) is 11.4 Å². The first-order chi connectivity index (χ1) is 14.5. The molecule has 0 aliphatic carbocycles. The summed E-state index contributed by atoms with van der Waals surface area (Å²) in [6.07, 6.45) is 2.27. The van der Waals surface area contributed by atoms with Crippen molar-refractivity contribution in [3.05, 3.63) is 59.4 Å². The molecule has 1 aliphatic rings. The quantitative estimate of drug-likeness (QED) is 0.650. The van der Waals surface area contributed by atoms with E-state index in [1.54, 1.807) is 16.8 Å². The minimum absolute atomic E-state index is 0.0597. The van der Waals surface area contributed by atoms with E-state index in [2.05, 4.69) is 10.1 Å². The van der Waals surface area contributed by atoms with E-state index in [4.69, 9.17) is 15.2 Å². The van der Waals surface area contributed by atoms with E-state index < -0.39 is 6.17 Å². The Kier molecular flexibility index (Phi) is 6.11. The molecule has 0 spiro atoms. The van der Waals surface area contributed by atoms with Gasteiger partial charge in [-0.3, -0.25) is 4.98 Å². The Hall–Kier alpha value is -2.77. The number of benzene rings is 1. The topological polar surface area (TPSA) is 75.2 Å². The third-order valence-electron chi connectivity index (χ3n) is 5.48. The summed E-state index contributed by atoms with van der Waals surface area (Å²) in [5.74, 6) is 1.75. The van der Waals surface area contributed by atoms with Gasteiger partial charge in [-0.1, -0.05) is 12.1 Å². The van der Waals surface area contributed by atoms with E-state index in [0.717, 1.165) is 42.9 Å². The van der Waals surface area contributed by atoms with E-state index in [0.29, 0.717) is 28.8 Å². The van der Waals surface area contributed by atoms with Crippen LogP contribution in [-0.2, 0) is 11.8 Å². The van der Waals surface area contributed by atoms with Gasteiger partial charge in [0.1, 0.15) is 11.9 Å². The van der Waals surface area contributed by atoms with Gasteiger partial charge in [0.15, 0.2) is 0 Å². The Morgan fingerprint density at radius 3 is 2.73 bits per heavy atom. The largest absolute Gasteiger partial charge is 0.439 e. The molecule has 30 heavy (non-hydrogen) atoms. The predicted octanol–water partition coefficient (Wildman–Crippen LogP) is 4.45. The summed E-state index contributed by atoms with van der Waals surface area (Å²) in [7, 11) is 1.88. The number of hydrogen-bond acceptors (Lipinski definition) is 5. The molecule has 0 amide bonds.